The highest BCUT2D eigenvalue weighted by Gasteiger charge is 2.44. The minimum absolute atomic E-state index is 0.0859. The molecule has 0 radical (unpaired) electrons. The molecule has 0 saturated carbocycles. The summed E-state index contributed by atoms with van der Waals surface area (Å²) in [7, 11) is 1.65. The molecule has 1 aromatic carbocycles. The Hall–Kier alpha value is -3.27. The average Bonchev–Trinajstić information content (AvgIpc) is 2.99. The van der Waals surface area contributed by atoms with Crippen LogP contribution in [0.4, 0.5) is 4.79 Å². The second kappa shape index (κ2) is 10.3. The molecular formula is C24H31N3O7. The predicted octanol–water partition coefficient (Wildman–Crippen LogP) is 1.90. The number of amides is 5. The molecule has 0 aromatic heterocycles. The lowest BCUT2D eigenvalue weighted by Gasteiger charge is -2.27. The van der Waals surface area contributed by atoms with Gasteiger partial charge in [-0.1, -0.05) is 6.07 Å². The molecule has 5 amide bonds. The third-order valence-corrected chi connectivity index (χ3v) is 5.53. The highest BCUT2D eigenvalue weighted by atomic mass is 16.6. The number of benzene rings is 1. The van der Waals surface area contributed by atoms with Gasteiger partial charge in [0, 0.05) is 26.6 Å². The van der Waals surface area contributed by atoms with Gasteiger partial charge in [-0.3, -0.25) is 29.4 Å². The Kier molecular flexibility index (Phi) is 7.71. The van der Waals surface area contributed by atoms with Crippen molar-refractivity contribution in [1.29, 1.82) is 0 Å². The van der Waals surface area contributed by atoms with Crippen molar-refractivity contribution in [3.05, 3.63) is 34.9 Å². The molecule has 1 N–H and O–H groups in total. The van der Waals surface area contributed by atoms with E-state index in [2.05, 4.69) is 5.32 Å². The minimum Gasteiger partial charge on any atom is -0.444 e. The van der Waals surface area contributed by atoms with Gasteiger partial charge >= 0.3 is 6.09 Å². The Morgan fingerprint density at radius 3 is 2.50 bits per heavy atom. The van der Waals surface area contributed by atoms with Crippen LogP contribution in [-0.4, -0.2) is 78.0 Å². The summed E-state index contributed by atoms with van der Waals surface area (Å²) in [6.07, 6.45) is 1.13. The van der Waals surface area contributed by atoms with E-state index in [0.29, 0.717) is 32.6 Å². The van der Waals surface area contributed by atoms with Gasteiger partial charge in [-0.2, -0.15) is 0 Å². The third kappa shape index (κ3) is 5.99. The van der Waals surface area contributed by atoms with Crippen molar-refractivity contribution in [3.63, 3.8) is 0 Å². The maximum absolute atomic E-state index is 12.9. The lowest BCUT2D eigenvalue weighted by atomic mass is 10.0. The number of aryl methyl sites for hydroxylation is 1. The van der Waals surface area contributed by atoms with Gasteiger partial charge in [-0.25, -0.2) is 4.79 Å². The van der Waals surface area contributed by atoms with E-state index in [1.54, 1.807) is 25.2 Å². The molecule has 2 aliphatic rings. The highest BCUT2D eigenvalue weighted by molar-refractivity contribution is 6.23. The fraction of sp³-hybridized carbons (Fsp3) is 0.542. The minimum atomic E-state index is -0.972. The SMILES string of the molecule is CN(CCOCCCc1ccc2c(c1)C(=O)N(C1CCC(=O)NC1=O)C2=O)C(=O)OC(C)(C)C. The van der Waals surface area contributed by atoms with Crippen LogP contribution >= 0.6 is 0 Å². The summed E-state index contributed by atoms with van der Waals surface area (Å²) in [4.78, 5) is 63.5. The van der Waals surface area contributed by atoms with Crippen LogP contribution < -0.4 is 5.32 Å². The van der Waals surface area contributed by atoms with Gasteiger partial charge in [0.1, 0.15) is 11.6 Å². The molecule has 3 rings (SSSR count). The molecule has 0 bridgehead atoms. The van der Waals surface area contributed by atoms with Crippen LogP contribution in [0.1, 0.15) is 66.3 Å². The number of nitrogens with one attached hydrogen (secondary N) is 1. The van der Waals surface area contributed by atoms with E-state index in [1.807, 2.05) is 20.8 Å². The van der Waals surface area contributed by atoms with Crippen LogP contribution in [0.2, 0.25) is 0 Å². The van der Waals surface area contributed by atoms with Crippen LogP contribution in [0.3, 0.4) is 0 Å². The lowest BCUT2D eigenvalue weighted by Crippen LogP contribution is -2.54. The molecule has 34 heavy (non-hydrogen) atoms. The van der Waals surface area contributed by atoms with E-state index in [9.17, 15) is 24.0 Å². The first-order chi connectivity index (χ1) is 16.0. The van der Waals surface area contributed by atoms with Crippen molar-refractivity contribution in [1.82, 2.24) is 15.1 Å². The van der Waals surface area contributed by atoms with Crippen LogP contribution in [0, 0.1) is 0 Å². The molecule has 0 spiro atoms. The first-order valence-electron chi connectivity index (χ1n) is 11.3. The van der Waals surface area contributed by atoms with Crippen molar-refractivity contribution >= 4 is 29.7 Å². The number of piperidine rings is 1. The van der Waals surface area contributed by atoms with E-state index in [0.717, 1.165) is 10.5 Å². The molecule has 2 heterocycles. The van der Waals surface area contributed by atoms with Crippen molar-refractivity contribution in [2.75, 3.05) is 26.8 Å². The Morgan fingerprint density at radius 1 is 1.12 bits per heavy atom. The van der Waals surface area contributed by atoms with Crippen LogP contribution in [0.5, 0.6) is 0 Å². The quantitative estimate of drug-likeness (QED) is 0.452. The maximum atomic E-state index is 12.9. The highest BCUT2D eigenvalue weighted by Crippen LogP contribution is 2.28. The van der Waals surface area contributed by atoms with Crippen molar-refractivity contribution in [2.45, 2.75) is 58.1 Å². The number of likely N-dealkylation sites (N-methyl/N-ethyl adjacent to an activating group) is 1. The zero-order valence-corrected chi connectivity index (χ0v) is 20.0. The van der Waals surface area contributed by atoms with E-state index in [4.69, 9.17) is 9.47 Å². The van der Waals surface area contributed by atoms with E-state index < -0.39 is 41.4 Å². The smallest absolute Gasteiger partial charge is 0.410 e. The van der Waals surface area contributed by atoms with Crippen molar-refractivity contribution in [2.24, 2.45) is 0 Å². The summed E-state index contributed by atoms with van der Waals surface area (Å²) in [5.74, 6) is -2.06. The number of imide groups is 2. The van der Waals surface area contributed by atoms with Gasteiger partial charge in [0.2, 0.25) is 11.8 Å². The Morgan fingerprint density at radius 2 is 1.82 bits per heavy atom. The number of nitrogens with zero attached hydrogens (tertiary/aromatic N) is 2. The Bertz CT molecular complexity index is 999. The monoisotopic (exact) mass is 473 g/mol. The van der Waals surface area contributed by atoms with Gasteiger partial charge in [0.15, 0.2) is 0 Å². The summed E-state index contributed by atoms with van der Waals surface area (Å²) >= 11 is 0. The van der Waals surface area contributed by atoms with Gasteiger partial charge in [-0.05, 0) is 57.7 Å². The summed E-state index contributed by atoms with van der Waals surface area (Å²) in [5.41, 5.74) is 0.860. The van der Waals surface area contributed by atoms with Crippen LogP contribution in [0.15, 0.2) is 18.2 Å². The topological polar surface area (TPSA) is 122 Å². The van der Waals surface area contributed by atoms with Gasteiger partial charge in [0.05, 0.1) is 17.7 Å². The first-order valence-corrected chi connectivity index (χ1v) is 11.3. The summed E-state index contributed by atoms with van der Waals surface area (Å²) in [6, 6.07) is 4.10. The van der Waals surface area contributed by atoms with Crippen molar-refractivity contribution in [3.8, 4) is 0 Å². The number of hydrogen-bond donors (Lipinski definition) is 1. The molecule has 1 atom stereocenters. The van der Waals surface area contributed by atoms with E-state index >= 15 is 0 Å². The molecule has 10 heteroatoms. The molecule has 1 saturated heterocycles. The molecule has 1 unspecified atom stereocenters. The standard InChI is InChI=1S/C24H31N3O7/c1-24(2,3)34-23(32)26(4)11-13-33-12-5-6-15-7-8-16-17(14-15)22(31)27(21(16)30)18-9-10-19(28)25-20(18)29/h7-8,14,18H,5-6,9-13H2,1-4H3,(H,25,28,29). The molecular weight excluding hydrogens is 442 g/mol. The average molecular weight is 474 g/mol. The largest absolute Gasteiger partial charge is 0.444 e. The number of ether oxygens (including phenoxy) is 2. The third-order valence-electron chi connectivity index (χ3n) is 5.53. The number of rotatable bonds is 8. The molecule has 10 nitrogen and oxygen atoms in total. The van der Waals surface area contributed by atoms with Gasteiger partial charge in [0.25, 0.3) is 11.8 Å². The fourth-order valence-electron chi connectivity index (χ4n) is 3.79. The zero-order chi connectivity index (χ0) is 25.0. The van der Waals surface area contributed by atoms with E-state index in [1.165, 1.54) is 4.90 Å². The van der Waals surface area contributed by atoms with Crippen LogP contribution in [0.25, 0.3) is 0 Å². The number of fused-ring (bicyclic) bond motifs is 1. The Labute approximate surface area is 198 Å². The lowest BCUT2D eigenvalue weighted by molar-refractivity contribution is -0.136. The first kappa shape index (κ1) is 25.4. The van der Waals surface area contributed by atoms with Crippen LogP contribution in [-0.2, 0) is 25.5 Å². The second-order valence-electron chi connectivity index (χ2n) is 9.44. The van der Waals surface area contributed by atoms with Gasteiger partial charge in [-0.15, -0.1) is 0 Å². The van der Waals surface area contributed by atoms with Crippen molar-refractivity contribution < 1.29 is 33.4 Å². The molecule has 1 fully saturated rings. The fourth-order valence-corrected chi connectivity index (χ4v) is 3.79. The Balaban J connectivity index is 1.47. The molecule has 0 aliphatic carbocycles. The number of carbonyl (C=O) groups excluding carboxylic acids is 5. The predicted molar refractivity (Wildman–Crippen MR) is 121 cm³/mol. The summed E-state index contributed by atoms with van der Waals surface area (Å²) in [5, 5.41) is 2.19. The molecule has 1 aromatic rings. The molecule has 2 aliphatic heterocycles. The summed E-state index contributed by atoms with van der Waals surface area (Å²) < 4.78 is 10.9. The zero-order valence-electron chi connectivity index (χ0n) is 20.0. The van der Waals surface area contributed by atoms with Gasteiger partial charge < -0.3 is 14.4 Å². The number of carbonyl (C=O) groups is 5. The molecule has 184 valence electrons. The second-order valence-corrected chi connectivity index (χ2v) is 9.44. The number of hydrogen-bond acceptors (Lipinski definition) is 7. The summed E-state index contributed by atoms with van der Waals surface area (Å²) in [6.45, 7) is 6.67. The maximum Gasteiger partial charge on any atom is 0.410 e. The van der Waals surface area contributed by atoms with E-state index in [-0.39, 0.29) is 24.0 Å². The normalized spacial score (nSPS) is 18.1.